The number of rotatable bonds is 6. The van der Waals surface area contributed by atoms with Gasteiger partial charge in [0, 0.05) is 43.5 Å². The highest BCUT2D eigenvalue weighted by molar-refractivity contribution is 7.11. The van der Waals surface area contributed by atoms with E-state index in [1.807, 2.05) is 18.1 Å². The molecule has 5 nitrogen and oxygen atoms in total. The number of carbonyl (C=O) groups excluding carboxylic acids is 1. The molecule has 20 heavy (non-hydrogen) atoms. The van der Waals surface area contributed by atoms with Crippen LogP contribution in [-0.4, -0.2) is 51.8 Å². The van der Waals surface area contributed by atoms with E-state index < -0.39 is 0 Å². The highest BCUT2D eigenvalue weighted by Crippen LogP contribution is 2.16. The molecule has 1 saturated heterocycles. The predicted octanol–water partition coefficient (Wildman–Crippen LogP) is 1.60. The minimum Gasteiger partial charge on any atom is -0.393 e. The molecule has 2 rings (SSSR count). The van der Waals surface area contributed by atoms with Crippen LogP contribution in [0.1, 0.15) is 36.1 Å². The van der Waals surface area contributed by atoms with Gasteiger partial charge < -0.3 is 5.11 Å². The fourth-order valence-electron chi connectivity index (χ4n) is 2.37. The van der Waals surface area contributed by atoms with Gasteiger partial charge in [-0.15, -0.1) is 11.3 Å². The number of hydrazine groups is 1. The number of hydrogen-bond acceptors (Lipinski definition) is 5. The number of aromatic nitrogens is 1. The minimum atomic E-state index is -0.324. The number of hydrogen-bond donors (Lipinski definition) is 1. The van der Waals surface area contributed by atoms with Gasteiger partial charge >= 0.3 is 0 Å². The standard InChI is InChI=1S/C14H23N3O2S/c1-11(18)5-8-16-7-3-4-14(19)17(16)9-6-13-15-10-12(2)20-13/h10-11,18H,3-9H2,1-2H3. The lowest BCUT2D eigenvalue weighted by Crippen LogP contribution is -2.51. The molecule has 1 fully saturated rings. The zero-order valence-electron chi connectivity index (χ0n) is 12.2. The molecule has 0 aliphatic carbocycles. The number of amides is 1. The molecule has 1 amide bonds. The Labute approximate surface area is 124 Å². The zero-order chi connectivity index (χ0) is 14.5. The number of carbonyl (C=O) groups is 1. The monoisotopic (exact) mass is 297 g/mol. The Morgan fingerprint density at radius 2 is 2.30 bits per heavy atom. The van der Waals surface area contributed by atoms with E-state index in [1.165, 1.54) is 4.88 Å². The van der Waals surface area contributed by atoms with Gasteiger partial charge in [0.2, 0.25) is 5.91 Å². The van der Waals surface area contributed by atoms with E-state index in [9.17, 15) is 9.90 Å². The Morgan fingerprint density at radius 3 is 2.95 bits per heavy atom. The average molecular weight is 297 g/mol. The Balaban J connectivity index is 1.91. The lowest BCUT2D eigenvalue weighted by Gasteiger charge is -2.38. The molecule has 1 aromatic heterocycles. The van der Waals surface area contributed by atoms with Crippen LogP contribution >= 0.6 is 11.3 Å². The van der Waals surface area contributed by atoms with Gasteiger partial charge in [-0.25, -0.2) is 9.99 Å². The van der Waals surface area contributed by atoms with Crippen LogP contribution < -0.4 is 0 Å². The number of thiazole rings is 1. The van der Waals surface area contributed by atoms with Gasteiger partial charge in [-0.1, -0.05) is 0 Å². The number of aliphatic hydroxyl groups excluding tert-OH is 1. The van der Waals surface area contributed by atoms with Gasteiger partial charge in [0.1, 0.15) is 0 Å². The second kappa shape index (κ2) is 7.15. The molecule has 1 unspecified atom stereocenters. The highest BCUT2D eigenvalue weighted by atomic mass is 32.1. The molecule has 2 heterocycles. The van der Waals surface area contributed by atoms with Crippen LogP contribution in [0.4, 0.5) is 0 Å². The third-order valence-electron chi connectivity index (χ3n) is 3.45. The summed E-state index contributed by atoms with van der Waals surface area (Å²) in [5.74, 6) is 0.190. The quantitative estimate of drug-likeness (QED) is 0.866. The molecule has 1 aliphatic rings. The molecular weight excluding hydrogens is 274 g/mol. The summed E-state index contributed by atoms with van der Waals surface area (Å²) in [6, 6.07) is 0. The summed E-state index contributed by atoms with van der Waals surface area (Å²) in [7, 11) is 0. The highest BCUT2D eigenvalue weighted by Gasteiger charge is 2.25. The van der Waals surface area contributed by atoms with Gasteiger partial charge in [-0.05, 0) is 26.7 Å². The molecule has 0 saturated carbocycles. The van der Waals surface area contributed by atoms with Gasteiger partial charge in [0.05, 0.1) is 11.1 Å². The van der Waals surface area contributed by atoms with Crippen molar-refractivity contribution in [3.63, 3.8) is 0 Å². The van der Waals surface area contributed by atoms with Crippen molar-refractivity contribution < 1.29 is 9.90 Å². The normalized spacial score (nSPS) is 18.6. The van der Waals surface area contributed by atoms with E-state index in [2.05, 4.69) is 9.99 Å². The topological polar surface area (TPSA) is 56.7 Å². The molecule has 0 radical (unpaired) electrons. The maximum atomic E-state index is 12.1. The molecule has 1 atom stereocenters. The van der Waals surface area contributed by atoms with Gasteiger partial charge in [0.25, 0.3) is 0 Å². The SMILES string of the molecule is Cc1cnc(CCN2C(=O)CCCN2CCC(C)O)s1. The Morgan fingerprint density at radius 1 is 1.50 bits per heavy atom. The fraction of sp³-hybridized carbons (Fsp3) is 0.714. The lowest BCUT2D eigenvalue weighted by molar-refractivity contribution is -0.156. The summed E-state index contributed by atoms with van der Waals surface area (Å²) in [6.45, 7) is 6.15. The predicted molar refractivity (Wildman–Crippen MR) is 79.4 cm³/mol. The number of nitrogens with zero attached hydrogens (tertiary/aromatic N) is 3. The number of aryl methyl sites for hydroxylation is 1. The van der Waals surface area contributed by atoms with Crippen LogP contribution in [0.2, 0.25) is 0 Å². The van der Waals surface area contributed by atoms with Crippen molar-refractivity contribution >= 4 is 17.2 Å². The van der Waals surface area contributed by atoms with E-state index in [0.29, 0.717) is 19.4 Å². The summed E-state index contributed by atoms with van der Waals surface area (Å²) in [6.07, 6.45) is 4.59. The molecule has 1 N–H and O–H groups in total. The van der Waals surface area contributed by atoms with Gasteiger partial charge in [-0.3, -0.25) is 9.80 Å². The summed E-state index contributed by atoms with van der Waals surface area (Å²) in [5, 5.41) is 14.4. The molecule has 0 spiro atoms. The van der Waals surface area contributed by atoms with Crippen LogP contribution in [0.15, 0.2) is 6.20 Å². The average Bonchev–Trinajstić information content (AvgIpc) is 2.81. The maximum absolute atomic E-state index is 12.1. The molecule has 112 valence electrons. The molecule has 0 bridgehead atoms. The van der Waals surface area contributed by atoms with Gasteiger partial charge in [-0.2, -0.15) is 0 Å². The zero-order valence-corrected chi connectivity index (χ0v) is 13.0. The first-order valence-corrected chi connectivity index (χ1v) is 8.02. The number of aliphatic hydroxyl groups is 1. The van der Waals surface area contributed by atoms with E-state index in [0.717, 1.165) is 30.9 Å². The van der Waals surface area contributed by atoms with Crippen LogP contribution in [0.25, 0.3) is 0 Å². The first-order valence-electron chi connectivity index (χ1n) is 7.21. The molecule has 1 aromatic rings. The third-order valence-corrected chi connectivity index (χ3v) is 4.42. The molecule has 6 heteroatoms. The van der Waals surface area contributed by atoms with E-state index in [4.69, 9.17) is 0 Å². The Bertz CT molecular complexity index is 447. The van der Waals surface area contributed by atoms with E-state index >= 15 is 0 Å². The third kappa shape index (κ3) is 4.26. The van der Waals surface area contributed by atoms with Crippen molar-refractivity contribution in [3.8, 4) is 0 Å². The van der Waals surface area contributed by atoms with Crippen LogP contribution in [-0.2, 0) is 11.2 Å². The van der Waals surface area contributed by atoms with Crippen molar-refractivity contribution in [2.45, 2.75) is 45.6 Å². The van der Waals surface area contributed by atoms with Gasteiger partial charge in [0.15, 0.2) is 0 Å². The molecular formula is C14H23N3O2S. The second-order valence-electron chi connectivity index (χ2n) is 5.33. The largest absolute Gasteiger partial charge is 0.393 e. The second-order valence-corrected chi connectivity index (χ2v) is 6.65. The van der Waals surface area contributed by atoms with E-state index in [1.54, 1.807) is 18.3 Å². The summed E-state index contributed by atoms with van der Waals surface area (Å²) >= 11 is 1.69. The maximum Gasteiger partial charge on any atom is 0.236 e. The first kappa shape index (κ1) is 15.4. The van der Waals surface area contributed by atoms with E-state index in [-0.39, 0.29) is 12.0 Å². The summed E-state index contributed by atoms with van der Waals surface area (Å²) in [5.41, 5.74) is 0. The van der Waals surface area contributed by atoms with Crippen molar-refractivity contribution in [1.82, 2.24) is 15.0 Å². The first-order chi connectivity index (χ1) is 9.56. The molecule has 0 aromatic carbocycles. The van der Waals surface area contributed by atoms with Crippen molar-refractivity contribution in [2.75, 3.05) is 19.6 Å². The Kier molecular flexibility index (Phi) is 5.51. The van der Waals surface area contributed by atoms with Crippen LogP contribution in [0.5, 0.6) is 0 Å². The smallest absolute Gasteiger partial charge is 0.236 e. The van der Waals surface area contributed by atoms with Crippen LogP contribution in [0.3, 0.4) is 0 Å². The minimum absolute atomic E-state index is 0.190. The lowest BCUT2D eigenvalue weighted by atomic mass is 10.2. The van der Waals surface area contributed by atoms with Crippen molar-refractivity contribution in [2.24, 2.45) is 0 Å². The van der Waals surface area contributed by atoms with Crippen LogP contribution in [0, 0.1) is 6.92 Å². The molecule has 1 aliphatic heterocycles. The fourth-order valence-corrected chi connectivity index (χ4v) is 3.15. The summed E-state index contributed by atoms with van der Waals surface area (Å²) < 4.78 is 0. The van der Waals surface area contributed by atoms with Crippen molar-refractivity contribution in [1.29, 1.82) is 0 Å². The Hall–Kier alpha value is -0.980. The van der Waals surface area contributed by atoms with Crippen molar-refractivity contribution in [3.05, 3.63) is 16.1 Å². The summed E-state index contributed by atoms with van der Waals surface area (Å²) in [4.78, 5) is 17.6.